The van der Waals surface area contributed by atoms with Gasteiger partial charge in [-0.2, -0.15) is 0 Å². The molecule has 0 heterocycles. The molecule has 21 heavy (non-hydrogen) atoms. The number of rotatable bonds is 4. The van der Waals surface area contributed by atoms with Crippen molar-refractivity contribution in [3.05, 3.63) is 57.6 Å². The number of nitrogen functional groups attached to an aromatic ring is 1. The molecule has 0 amide bonds. The predicted octanol–water partition coefficient (Wildman–Crippen LogP) is 4.96. The molecule has 2 aromatic carbocycles. The molecule has 2 rings (SSSR count). The summed E-state index contributed by atoms with van der Waals surface area (Å²) in [5.41, 5.74) is 8.69. The van der Waals surface area contributed by atoms with Gasteiger partial charge in [-0.15, -0.1) is 0 Å². The molecule has 3 N–H and O–H groups in total. The molecule has 0 spiro atoms. The zero-order valence-corrected chi connectivity index (χ0v) is 14.0. The van der Waals surface area contributed by atoms with Gasteiger partial charge in [0.25, 0.3) is 0 Å². The lowest BCUT2D eigenvalue weighted by Gasteiger charge is -2.13. The Hall–Kier alpha value is -1.81. The first-order chi connectivity index (χ1) is 9.88. The van der Waals surface area contributed by atoms with Crippen molar-refractivity contribution in [1.82, 2.24) is 0 Å². The van der Waals surface area contributed by atoms with Crippen LogP contribution in [0.4, 0.5) is 0 Å². The Morgan fingerprint density at radius 1 is 1.19 bits per heavy atom. The van der Waals surface area contributed by atoms with Gasteiger partial charge in [0.15, 0.2) is 0 Å². The summed E-state index contributed by atoms with van der Waals surface area (Å²) in [6.07, 6.45) is 0. The van der Waals surface area contributed by atoms with E-state index in [0.29, 0.717) is 17.2 Å². The van der Waals surface area contributed by atoms with Crippen molar-refractivity contribution < 1.29 is 4.74 Å². The van der Waals surface area contributed by atoms with Crippen molar-refractivity contribution in [2.75, 3.05) is 0 Å². The molecular weight excluding hydrogens is 328 g/mol. The zero-order valence-electron chi connectivity index (χ0n) is 12.4. The Bertz CT molecular complexity index is 680. The summed E-state index contributed by atoms with van der Waals surface area (Å²) in [6, 6.07) is 11.5. The highest BCUT2D eigenvalue weighted by Gasteiger charge is 2.08. The van der Waals surface area contributed by atoms with E-state index in [1.165, 1.54) is 11.1 Å². The number of hydrogen-bond donors (Lipinski definition) is 2. The van der Waals surface area contributed by atoms with E-state index in [-0.39, 0.29) is 5.84 Å². The van der Waals surface area contributed by atoms with Crippen molar-refractivity contribution in [2.45, 2.75) is 26.7 Å². The van der Waals surface area contributed by atoms with Gasteiger partial charge in [-0.3, -0.25) is 5.41 Å². The van der Waals surface area contributed by atoms with Crippen molar-refractivity contribution in [1.29, 1.82) is 5.41 Å². The van der Waals surface area contributed by atoms with Crippen LogP contribution in [0.5, 0.6) is 11.5 Å². The Labute approximate surface area is 133 Å². The van der Waals surface area contributed by atoms with Crippen LogP contribution in [0.2, 0.25) is 0 Å². The SMILES string of the molecule is Cc1cc(Oc2ccc(C(=N)N)cc2Br)ccc1C(C)C. The molecule has 0 aromatic heterocycles. The van der Waals surface area contributed by atoms with Gasteiger partial charge >= 0.3 is 0 Å². The fourth-order valence-corrected chi connectivity index (χ4v) is 2.70. The molecule has 0 atom stereocenters. The predicted molar refractivity (Wildman–Crippen MR) is 90.5 cm³/mol. The third kappa shape index (κ3) is 3.64. The molecule has 0 aliphatic carbocycles. The van der Waals surface area contributed by atoms with Crippen LogP contribution in [0.15, 0.2) is 40.9 Å². The molecule has 0 bridgehead atoms. The van der Waals surface area contributed by atoms with E-state index in [2.05, 4.69) is 42.8 Å². The second kappa shape index (κ2) is 6.31. The first-order valence-electron chi connectivity index (χ1n) is 6.81. The Balaban J connectivity index is 2.26. The molecular formula is C17H19BrN2O. The normalized spacial score (nSPS) is 10.7. The summed E-state index contributed by atoms with van der Waals surface area (Å²) < 4.78 is 6.68. The molecule has 0 aliphatic rings. The summed E-state index contributed by atoms with van der Waals surface area (Å²) in [7, 11) is 0. The maximum absolute atomic E-state index is 7.43. The Kier molecular flexibility index (Phi) is 4.68. The van der Waals surface area contributed by atoms with E-state index in [1.54, 1.807) is 12.1 Å². The number of ether oxygens (including phenoxy) is 1. The summed E-state index contributed by atoms with van der Waals surface area (Å²) >= 11 is 3.45. The third-order valence-electron chi connectivity index (χ3n) is 3.33. The second-order valence-corrected chi connectivity index (χ2v) is 6.19. The number of nitrogens with one attached hydrogen (secondary N) is 1. The van der Waals surface area contributed by atoms with Gasteiger partial charge in [-0.25, -0.2) is 0 Å². The highest BCUT2D eigenvalue weighted by atomic mass is 79.9. The van der Waals surface area contributed by atoms with E-state index < -0.39 is 0 Å². The second-order valence-electron chi connectivity index (χ2n) is 5.33. The van der Waals surface area contributed by atoms with Crippen molar-refractivity contribution >= 4 is 21.8 Å². The van der Waals surface area contributed by atoms with E-state index in [9.17, 15) is 0 Å². The van der Waals surface area contributed by atoms with Crippen LogP contribution in [-0.4, -0.2) is 5.84 Å². The molecule has 0 radical (unpaired) electrons. The Morgan fingerprint density at radius 3 is 2.43 bits per heavy atom. The molecule has 2 aromatic rings. The van der Waals surface area contributed by atoms with Gasteiger partial charge in [0.2, 0.25) is 0 Å². The van der Waals surface area contributed by atoms with Gasteiger partial charge in [0, 0.05) is 5.56 Å². The number of nitrogens with two attached hydrogens (primary N) is 1. The number of halogens is 1. The van der Waals surface area contributed by atoms with E-state index in [1.807, 2.05) is 18.2 Å². The lowest BCUT2D eigenvalue weighted by molar-refractivity contribution is 0.479. The standard InChI is InChI=1S/C17H19BrN2O/c1-10(2)14-6-5-13(8-11(14)3)21-16-7-4-12(17(19)20)9-15(16)18/h4-10H,1-3H3,(H3,19,20). The molecule has 3 nitrogen and oxygen atoms in total. The van der Waals surface area contributed by atoms with Crippen LogP contribution < -0.4 is 10.5 Å². The van der Waals surface area contributed by atoms with Crippen LogP contribution in [0.1, 0.15) is 36.5 Å². The van der Waals surface area contributed by atoms with Gasteiger partial charge in [-0.05, 0) is 70.2 Å². The van der Waals surface area contributed by atoms with Crippen molar-refractivity contribution in [3.8, 4) is 11.5 Å². The fraction of sp³-hybridized carbons (Fsp3) is 0.235. The largest absolute Gasteiger partial charge is 0.456 e. The number of aryl methyl sites for hydroxylation is 1. The van der Waals surface area contributed by atoms with Crippen molar-refractivity contribution in [2.24, 2.45) is 5.73 Å². The minimum atomic E-state index is 0.0411. The molecule has 110 valence electrons. The summed E-state index contributed by atoms with van der Waals surface area (Å²) in [6.45, 7) is 6.45. The highest BCUT2D eigenvalue weighted by molar-refractivity contribution is 9.10. The molecule has 0 saturated carbocycles. The van der Waals surface area contributed by atoms with Crippen LogP contribution in [0.3, 0.4) is 0 Å². The molecule has 0 fully saturated rings. The van der Waals surface area contributed by atoms with Crippen LogP contribution in [0.25, 0.3) is 0 Å². The summed E-state index contributed by atoms with van der Waals surface area (Å²) in [4.78, 5) is 0. The maximum atomic E-state index is 7.43. The number of amidine groups is 1. The monoisotopic (exact) mass is 346 g/mol. The van der Waals surface area contributed by atoms with Gasteiger partial charge < -0.3 is 10.5 Å². The minimum Gasteiger partial charge on any atom is -0.456 e. The molecule has 0 saturated heterocycles. The van der Waals surface area contributed by atoms with Gasteiger partial charge in [-0.1, -0.05) is 19.9 Å². The van der Waals surface area contributed by atoms with Crippen molar-refractivity contribution in [3.63, 3.8) is 0 Å². The molecule has 0 unspecified atom stereocenters. The smallest absolute Gasteiger partial charge is 0.141 e. The average Bonchev–Trinajstić information content (AvgIpc) is 2.40. The highest BCUT2D eigenvalue weighted by Crippen LogP contribution is 2.32. The topological polar surface area (TPSA) is 59.1 Å². The minimum absolute atomic E-state index is 0.0411. The van der Waals surface area contributed by atoms with E-state index in [0.717, 1.165) is 10.2 Å². The first-order valence-corrected chi connectivity index (χ1v) is 7.60. The third-order valence-corrected chi connectivity index (χ3v) is 3.95. The average molecular weight is 347 g/mol. The van der Waals surface area contributed by atoms with Crippen LogP contribution in [0, 0.1) is 12.3 Å². The van der Waals surface area contributed by atoms with Gasteiger partial charge in [0.1, 0.15) is 17.3 Å². The van der Waals surface area contributed by atoms with Crippen LogP contribution >= 0.6 is 15.9 Å². The zero-order chi connectivity index (χ0) is 15.6. The molecule has 0 aliphatic heterocycles. The first kappa shape index (κ1) is 15.6. The number of hydrogen-bond acceptors (Lipinski definition) is 2. The summed E-state index contributed by atoms with van der Waals surface area (Å²) in [5.74, 6) is 2.05. The number of benzene rings is 2. The van der Waals surface area contributed by atoms with E-state index >= 15 is 0 Å². The molecule has 4 heteroatoms. The lowest BCUT2D eigenvalue weighted by atomic mass is 9.98. The summed E-state index contributed by atoms with van der Waals surface area (Å²) in [5, 5.41) is 7.43. The quantitative estimate of drug-likeness (QED) is 0.607. The lowest BCUT2D eigenvalue weighted by Crippen LogP contribution is -2.10. The Morgan fingerprint density at radius 2 is 1.90 bits per heavy atom. The van der Waals surface area contributed by atoms with E-state index in [4.69, 9.17) is 15.9 Å². The van der Waals surface area contributed by atoms with Crippen LogP contribution in [-0.2, 0) is 0 Å². The maximum Gasteiger partial charge on any atom is 0.141 e. The van der Waals surface area contributed by atoms with Gasteiger partial charge in [0.05, 0.1) is 4.47 Å². The fourth-order valence-electron chi connectivity index (χ4n) is 2.24.